The van der Waals surface area contributed by atoms with Crippen LogP contribution >= 0.6 is 0 Å². The van der Waals surface area contributed by atoms with E-state index in [2.05, 4.69) is 19.2 Å². The average molecular weight is 185 g/mol. The maximum atomic E-state index is 5.63. The van der Waals surface area contributed by atoms with Crippen molar-refractivity contribution in [3.63, 3.8) is 0 Å². The molecule has 0 aliphatic heterocycles. The van der Waals surface area contributed by atoms with E-state index in [-0.39, 0.29) is 0 Å². The number of hydrogen-bond donors (Lipinski definition) is 1. The predicted molar refractivity (Wildman–Crippen MR) is 55.9 cm³/mol. The third-order valence-corrected chi connectivity index (χ3v) is 2.60. The van der Waals surface area contributed by atoms with Gasteiger partial charge in [-0.05, 0) is 31.7 Å². The molecule has 1 rings (SSSR count). The van der Waals surface area contributed by atoms with Crippen LogP contribution in [0, 0.1) is 5.92 Å². The van der Waals surface area contributed by atoms with E-state index in [0.29, 0.717) is 6.04 Å². The molecule has 0 aromatic heterocycles. The number of unbranched alkanes of at least 4 members (excludes halogenated alkanes) is 1. The molecule has 78 valence electrons. The first-order chi connectivity index (χ1) is 6.38. The summed E-state index contributed by atoms with van der Waals surface area (Å²) in [5, 5.41) is 3.50. The van der Waals surface area contributed by atoms with Crippen LogP contribution in [0.2, 0.25) is 0 Å². The predicted octanol–water partition coefficient (Wildman–Crippen LogP) is 2.19. The lowest BCUT2D eigenvalue weighted by atomic mass is 10.2. The van der Waals surface area contributed by atoms with Gasteiger partial charge in [-0.2, -0.15) is 0 Å². The molecular weight excluding hydrogens is 162 g/mol. The summed E-state index contributed by atoms with van der Waals surface area (Å²) in [5.74, 6) is 0.904. The van der Waals surface area contributed by atoms with Crippen molar-refractivity contribution in [3.05, 3.63) is 0 Å². The highest BCUT2D eigenvalue weighted by Gasteiger charge is 2.30. The zero-order valence-electron chi connectivity index (χ0n) is 9.01. The standard InChI is InChI=1S/C11H23NO/c1-3-5-8-13-9-11(12-4-2)10-6-7-10/h10-12H,3-9H2,1-2H3. The maximum absolute atomic E-state index is 5.63. The fraction of sp³-hybridized carbons (Fsp3) is 1.00. The molecule has 0 saturated heterocycles. The smallest absolute Gasteiger partial charge is 0.0622 e. The highest BCUT2D eigenvalue weighted by molar-refractivity contribution is 4.85. The fourth-order valence-corrected chi connectivity index (χ4v) is 1.58. The summed E-state index contributed by atoms with van der Waals surface area (Å²) in [6.45, 7) is 7.29. The average Bonchev–Trinajstić information content (AvgIpc) is 2.93. The van der Waals surface area contributed by atoms with E-state index in [9.17, 15) is 0 Å². The van der Waals surface area contributed by atoms with E-state index in [4.69, 9.17) is 4.74 Å². The second-order valence-electron chi connectivity index (χ2n) is 3.93. The zero-order chi connectivity index (χ0) is 9.52. The Morgan fingerprint density at radius 2 is 2.15 bits per heavy atom. The van der Waals surface area contributed by atoms with E-state index >= 15 is 0 Å². The van der Waals surface area contributed by atoms with Crippen LogP contribution in [0.25, 0.3) is 0 Å². The normalized spacial score (nSPS) is 18.9. The van der Waals surface area contributed by atoms with Crippen LogP contribution in [-0.4, -0.2) is 25.8 Å². The topological polar surface area (TPSA) is 21.3 Å². The Bertz CT molecular complexity index is 123. The summed E-state index contributed by atoms with van der Waals surface area (Å²) in [6.07, 6.45) is 5.22. The summed E-state index contributed by atoms with van der Waals surface area (Å²) >= 11 is 0. The zero-order valence-corrected chi connectivity index (χ0v) is 9.01. The summed E-state index contributed by atoms with van der Waals surface area (Å²) in [6, 6.07) is 0.627. The second kappa shape index (κ2) is 6.39. The molecule has 0 bridgehead atoms. The molecule has 0 spiro atoms. The fourth-order valence-electron chi connectivity index (χ4n) is 1.58. The Labute approximate surface area is 82.0 Å². The van der Waals surface area contributed by atoms with Gasteiger partial charge in [-0.15, -0.1) is 0 Å². The number of nitrogens with one attached hydrogen (secondary N) is 1. The molecule has 1 atom stereocenters. The Balaban J connectivity index is 2.00. The lowest BCUT2D eigenvalue weighted by Crippen LogP contribution is -2.35. The molecule has 0 amide bonds. The van der Waals surface area contributed by atoms with E-state index in [1.807, 2.05) is 0 Å². The molecule has 1 fully saturated rings. The van der Waals surface area contributed by atoms with Gasteiger partial charge >= 0.3 is 0 Å². The Morgan fingerprint density at radius 3 is 2.69 bits per heavy atom. The van der Waals surface area contributed by atoms with Gasteiger partial charge in [0.15, 0.2) is 0 Å². The van der Waals surface area contributed by atoms with Gasteiger partial charge in [0.05, 0.1) is 6.61 Å². The van der Waals surface area contributed by atoms with Crippen molar-refractivity contribution in [1.82, 2.24) is 5.32 Å². The molecule has 1 N–H and O–H groups in total. The van der Waals surface area contributed by atoms with Crippen LogP contribution < -0.4 is 5.32 Å². The highest BCUT2D eigenvalue weighted by atomic mass is 16.5. The van der Waals surface area contributed by atoms with Gasteiger partial charge in [-0.25, -0.2) is 0 Å². The molecule has 0 aromatic rings. The summed E-state index contributed by atoms with van der Waals surface area (Å²) in [4.78, 5) is 0. The number of ether oxygens (including phenoxy) is 1. The largest absolute Gasteiger partial charge is 0.380 e. The van der Waals surface area contributed by atoms with Crippen molar-refractivity contribution in [2.45, 2.75) is 45.6 Å². The van der Waals surface area contributed by atoms with E-state index in [1.165, 1.54) is 25.7 Å². The Morgan fingerprint density at radius 1 is 1.38 bits per heavy atom. The molecule has 13 heavy (non-hydrogen) atoms. The first-order valence-electron chi connectivity index (χ1n) is 5.69. The first-order valence-corrected chi connectivity index (χ1v) is 5.69. The lowest BCUT2D eigenvalue weighted by molar-refractivity contribution is 0.103. The minimum Gasteiger partial charge on any atom is -0.380 e. The number of hydrogen-bond acceptors (Lipinski definition) is 2. The SMILES string of the molecule is CCCCOCC(NCC)C1CC1. The number of likely N-dealkylation sites (N-methyl/N-ethyl adjacent to an activating group) is 1. The van der Waals surface area contributed by atoms with E-state index < -0.39 is 0 Å². The monoisotopic (exact) mass is 185 g/mol. The molecule has 0 aromatic carbocycles. The summed E-state index contributed by atoms with van der Waals surface area (Å²) in [7, 11) is 0. The van der Waals surface area contributed by atoms with Gasteiger partial charge < -0.3 is 10.1 Å². The minimum atomic E-state index is 0.627. The second-order valence-corrected chi connectivity index (χ2v) is 3.93. The van der Waals surface area contributed by atoms with Crippen LogP contribution in [0.15, 0.2) is 0 Å². The van der Waals surface area contributed by atoms with Gasteiger partial charge in [0, 0.05) is 12.6 Å². The highest BCUT2D eigenvalue weighted by Crippen LogP contribution is 2.32. The molecule has 1 aliphatic rings. The van der Waals surface area contributed by atoms with Gasteiger partial charge in [0.2, 0.25) is 0 Å². The Kier molecular flexibility index (Phi) is 5.40. The van der Waals surface area contributed by atoms with Crippen molar-refractivity contribution >= 4 is 0 Å². The third kappa shape index (κ3) is 4.63. The van der Waals surface area contributed by atoms with Gasteiger partial charge in [0.1, 0.15) is 0 Å². The van der Waals surface area contributed by atoms with Crippen LogP contribution in [0.1, 0.15) is 39.5 Å². The molecule has 0 heterocycles. The quantitative estimate of drug-likeness (QED) is 0.585. The lowest BCUT2D eigenvalue weighted by Gasteiger charge is -2.16. The molecule has 1 unspecified atom stereocenters. The van der Waals surface area contributed by atoms with Gasteiger partial charge in [-0.3, -0.25) is 0 Å². The van der Waals surface area contributed by atoms with Gasteiger partial charge in [-0.1, -0.05) is 20.3 Å². The van der Waals surface area contributed by atoms with E-state index in [1.54, 1.807) is 0 Å². The molecule has 1 saturated carbocycles. The van der Waals surface area contributed by atoms with Crippen LogP contribution in [0.5, 0.6) is 0 Å². The number of rotatable bonds is 8. The minimum absolute atomic E-state index is 0.627. The third-order valence-electron chi connectivity index (χ3n) is 2.60. The van der Waals surface area contributed by atoms with E-state index in [0.717, 1.165) is 25.7 Å². The van der Waals surface area contributed by atoms with Gasteiger partial charge in [0.25, 0.3) is 0 Å². The van der Waals surface area contributed by atoms with Crippen molar-refractivity contribution in [2.24, 2.45) is 5.92 Å². The van der Waals surface area contributed by atoms with Crippen molar-refractivity contribution < 1.29 is 4.74 Å². The van der Waals surface area contributed by atoms with Crippen LogP contribution in [0.4, 0.5) is 0 Å². The maximum Gasteiger partial charge on any atom is 0.0622 e. The first kappa shape index (κ1) is 11.0. The molecular formula is C11H23NO. The molecule has 1 aliphatic carbocycles. The van der Waals surface area contributed by atoms with Crippen LogP contribution in [0.3, 0.4) is 0 Å². The molecule has 2 heteroatoms. The Hall–Kier alpha value is -0.0800. The molecule has 0 radical (unpaired) electrons. The summed E-state index contributed by atoms with van der Waals surface area (Å²) < 4.78 is 5.63. The van der Waals surface area contributed by atoms with Crippen molar-refractivity contribution in [1.29, 1.82) is 0 Å². The van der Waals surface area contributed by atoms with Crippen molar-refractivity contribution in [3.8, 4) is 0 Å². The molecule has 2 nitrogen and oxygen atoms in total. The van der Waals surface area contributed by atoms with Crippen molar-refractivity contribution in [2.75, 3.05) is 19.8 Å². The van der Waals surface area contributed by atoms with Crippen LogP contribution in [-0.2, 0) is 4.74 Å². The summed E-state index contributed by atoms with van der Waals surface area (Å²) in [5.41, 5.74) is 0.